The topological polar surface area (TPSA) is 50.6 Å². The monoisotopic (exact) mass is 300 g/mol. The summed E-state index contributed by atoms with van der Waals surface area (Å²) in [5.74, 6) is 0.878. The molecule has 0 bridgehead atoms. The van der Waals surface area contributed by atoms with Crippen molar-refractivity contribution in [3.63, 3.8) is 0 Å². The van der Waals surface area contributed by atoms with Gasteiger partial charge in [-0.15, -0.1) is 0 Å². The highest BCUT2D eigenvalue weighted by atomic mass is 16.5. The minimum absolute atomic E-state index is 0.107. The van der Waals surface area contributed by atoms with Crippen LogP contribution in [0.25, 0.3) is 11.0 Å². The van der Waals surface area contributed by atoms with Gasteiger partial charge in [0.05, 0.1) is 24.2 Å². The number of carbonyl (C=O) groups excluding carboxylic acids is 1. The highest BCUT2D eigenvalue weighted by Crippen LogP contribution is 2.28. The molecule has 1 saturated heterocycles. The van der Waals surface area contributed by atoms with Gasteiger partial charge >= 0.3 is 0 Å². The Morgan fingerprint density at radius 3 is 3.05 bits per heavy atom. The van der Waals surface area contributed by atoms with Crippen molar-refractivity contribution in [1.82, 2.24) is 14.5 Å². The zero-order valence-electron chi connectivity index (χ0n) is 12.7. The van der Waals surface area contributed by atoms with Gasteiger partial charge in [0.2, 0.25) is 11.9 Å². The number of carbonyl (C=O) groups is 1. The summed E-state index contributed by atoms with van der Waals surface area (Å²) in [6.45, 7) is 6.45. The van der Waals surface area contributed by atoms with Gasteiger partial charge in [-0.25, -0.2) is 4.98 Å². The summed E-state index contributed by atoms with van der Waals surface area (Å²) in [6, 6.07) is 7.85. The molecule has 1 aromatic carbocycles. The Labute approximate surface area is 129 Å². The normalized spacial score (nSPS) is 22.2. The first-order chi connectivity index (χ1) is 10.8. The lowest BCUT2D eigenvalue weighted by Gasteiger charge is -2.35. The predicted octanol–water partition coefficient (Wildman–Crippen LogP) is 1.10. The van der Waals surface area contributed by atoms with E-state index in [2.05, 4.69) is 27.4 Å². The number of imidazole rings is 1. The molecule has 2 aliphatic heterocycles. The number of amides is 1. The Balaban J connectivity index is 1.66. The summed E-state index contributed by atoms with van der Waals surface area (Å²) in [7, 11) is 0. The smallest absolute Gasteiger partial charge is 0.249 e. The summed E-state index contributed by atoms with van der Waals surface area (Å²) in [5, 5.41) is 0. The maximum absolute atomic E-state index is 13.0. The van der Waals surface area contributed by atoms with Gasteiger partial charge in [0, 0.05) is 19.6 Å². The number of fused-ring (bicyclic) bond motifs is 3. The third-order valence-electron chi connectivity index (χ3n) is 4.62. The average Bonchev–Trinajstić information content (AvgIpc) is 3.13. The molecule has 0 saturated carbocycles. The van der Waals surface area contributed by atoms with Gasteiger partial charge in [-0.3, -0.25) is 14.6 Å². The molecular formula is C16H20N4O2. The minimum atomic E-state index is -0.190. The van der Waals surface area contributed by atoms with Gasteiger partial charge in [0.25, 0.3) is 0 Å². The second-order valence-corrected chi connectivity index (χ2v) is 5.76. The molecule has 6 nitrogen and oxygen atoms in total. The van der Waals surface area contributed by atoms with Crippen LogP contribution in [0, 0.1) is 0 Å². The second kappa shape index (κ2) is 5.37. The maximum atomic E-state index is 13.0. The van der Waals surface area contributed by atoms with Crippen molar-refractivity contribution in [2.24, 2.45) is 0 Å². The Bertz CT molecular complexity index is 711. The van der Waals surface area contributed by atoms with Crippen LogP contribution < -0.4 is 4.90 Å². The Morgan fingerprint density at radius 1 is 1.32 bits per heavy atom. The van der Waals surface area contributed by atoms with Crippen molar-refractivity contribution >= 4 is 22.9 Å². The van der Waals surface area contributed by atoms with E-state index in [1.165, 1.54) is 0 Å². The van der Waals surface area contributed by atoms with Crippen molar-refractivity contribution in [3.05, 3.63) is 24.3 Å². The van der Waals surface area contributed by atoms with Gasteiger partial charge in [-0.1, -0.05) is 19.1 Å². The summed E-state index contributed by atoms with van der Waals surface area (Å²) >= 11 is 0. The van der Waals surface area contributed by atoms with E-state index < -0.39 is 0 Å². The Kier molecular flexibility index (Phi) is 3.35. The summed E-state index contributed by atoms with van der Waals surface area (Å²) in [6.07, 6.45) is 0. The first kappa shape index (κ1) is 13.7. The molecular weight excluding hydrogens is 280 g/mol. The number of para-hydroxylation sites is 2. The highest BCUT2D eigenvalue weighted by Gasteiger charge is 2.36. The van der Waals surface area contributed by atoms with E-state index in [0.29, 0.717) is 19.8 Å². The number of rotatable bonds is 2. The molecule has 116 valence electrons. The molecule has 3 heterocycles. The van der Waals surface area contributed by atoms with Crippen molar-refractivity contribution in [2.75, 3.05) is 37.7 Å². The quantitative estimate of drug-likeness (QED) is 0.833. The number of hydrogen-bond acceptors (Lipinski definition) is 4. The summed E-state index contributed by atoms with van der Waals surface area (Å²) in [4.78, 5) is 21.6. The minimum Gasteiger partial charge on any atom is -0.378 e. The molecule has 4 rings (SSSR count). The lowest BCUT2D eigenvalue weighted by atomic mass is 10.2. The fourth-order valence-electron chi connectivity index (χ4n) is 3.42. The standard InChI is InChI=1S/C16H20N4O2/c1-2-18-9-10-22-11-14(18)15(21)20-8-7-19-13-6-4-3-5-12(13)17-16(19)20/h3-6,14H,2,7-11H2,1H3. The first-order valence-corrected chi connectivity index (χ1v) is 7.88. The van der Waals surface area contributed by atoms with Crippen LogP contribution in [0.5, 0.6) is 0 Å². The average molecular weight is 300 g/mol. The number of nitrogens with zero attached hydrogens (tertiary/aromatic N) is 4. The van der Waals surface area contributed by atoms with Gasteiger partial charge in [-0.05, 0) is 18.7 Å². The highest BCUT2D eigenvalue weighted by molar-refractivity contribution is 5.98. The largest absolute Gasteiger partial charge is 0.378 e. The second-order valence-electron chi connectivity index (χ2n) is 5.76. The van der Waals surface area contributed by atoms with Gasteiger partial charge in [0.1, 0.15) is 6.04 Å². The molecule has 22 heavy (non-hydrogen) atoms. The van der Waals surface area contributed by atoms with E-state index in [9.17, 15) is 4.79 Å². The van der Waals surface area contributed by atoms with Crippen molar-refractivity contribution in [2.45, 2.75) is 19.5 Å². The van der Waals surface area contributed by atoms with E-state index >= 15 is 0 Å². The Hall–Kier alpha value is -1.92. The lowest BCUT2D eigenvalue weighted by Crippen LogP contribution is -2.54. The first-order valence-electron chi connectivity index (χ1n) is 7.88. The number of hydrogen-bond donors (Lipinski definition) is 0. The van der Waals surface area contributed by atoms with Crippen molar-refractivity contribution in [3.8, 4) is 0 Å². The third kappa shape index (κ3) is 2.02. The third-order valence-corrected chi connectivity index (χ3v) is 4.62. The molecule has 0 aliphatic carbocycles. The van der Waals surface area contributed by atoms with E-state index in [0.717, 1.165) is 36.6 Å². The van der Waals surface area contributed by atoms with Crippen LogP contribution in [0.15, 0.2) is 24.3 Å². The molecule has 2 aromatic rings. The molecule has 1 amide bonds. The summed E-state index contributed by atoms with van der Waals surface area (Å²) in [5.41, 5.74) is 2.04. The molecule has 0 N–H and O–H groups in total. The van der Waals surface area contributed by atoms with E-state index in [-0.39, 0.29) is 11.9 Å². The number of ether oxygens (including phenoxy) is 1. The van der Waals surface area contributed by atoms with Gasteiger partial charge in [-0.2, -0.15) is 0 Å². The molecule has 1 unspecified atom stereocenters. The molecule has 2 aliphatic rings. The molecule has 1 atom stereocenters. The van der Waals surface area contributed by atoms with E-state index in [4.69, 9.17) is 4.74 Å². The molecule has 0 radical (unpaired) electrons. The van der Waals surface area contributed by atoms with Crippen LogP contribution in [0.2, 0.25) is 0 Å². The number of morpholine rings is 1. The van der Waals surface area contributed by atoms with Gasteiger partial charge in [0.15, 0.2) is 0 Å². The SMILES string of the molecule is CCN1CCOCC1C(=O)N1CCn2c1nc1ccccc12. The van der Waals surface area contributed by atoms with Crippen molar-refractivity contribution in [1.29, 1.82) is 0 Å². The molecule has 1 fully saturated rings. The molecule has 1 aromatic heterocycles. The van der Waals surface area contributed by atoms with Crippen LogP contribution in [-0.2, 0) is 16.1 Å². The van der Waals surface area contributed by atoms with Crippen LogP contribution >= 0.6 is 0 Å². The number of likely N-dealkylation sites (N-methyl/N-ethyl adjacent to an activating group) is 1. The van der Waals surface area contributed by atoms with E-state index in [1.807, 2.05) is 23.1 Å². The predicted molar refractivity (Wildman–Crippen MR) is 83.9 cm³/mol. The number of benzene rings is 1. The number of aromatic nitrogens is 2. The van der Waals surface area contributed by atoms with Gasteiger partial charge < -0.3 is 9.30 Å². The van der Waals surface area contributed by atoms with Crippen LogP contribution in [0.4, 0.5) is 5.95 Å². The zero-order chi connectivity index (χ0) is 15.1. The fourth-order valence-corrected chi connectivity index (χ4v) is 3.42. The summed E-state index contributed by atoms with van der Waals surface area (Å²) < 4.78 is 7.66. The van der Waals surface area contributed by atoms with Crippen molar-refractivity contribution < 1.29 is 9.53 Å². The van der Waals surface area contributed by atoms with Crippen LogP contribution in [0.3, 0.4) is 0 Å². The number of anilines is 1. The Morgan fingerprint density at radius 2 is 2.18 bits per heavy atom. The zero-order valence-corrected chi connectivity index (χ0v) is 12.7. The molecule has 0 spiro atoms. The molecule has 6 heteroatoms. The maximum Gasteiger partial charge on any atom is 0.249 e. The van der Waals surface area contributed by atoms with Crippen LogP contribution in [-0.4, -0.2) is 59.2 Å². The lowest BCUT2D eigenvalue weighted by molar-refractivity contribution is -0.129. The van der Waals surface area contributed by atoms with Crippen LogP contribution in [0.1, 0.15) is 6.92 Å². The van der Waals surface area contributed by atoms with E-state index in [1.54, 1.807) is 0 Å². The fraction of sp³-hybridized carbons (Fsp3) is 0.500.